The van der Waals surface area contributed by atoms with Crippen LogP contribution in [0, 0.1) is 6.92 Å². The smallest absolute Gasteiger partial charge is 0.194 e. The van der Waals surface area contributed by atoms with Crippen molar-refractivity contribution in [3.05, 3.63) is 23.0 Å². The first kappa shape index (κ1) is 13.7. The van der Waals surface area contributed by atoms with Crippen molar-refractivity contribution >= 4 is 16.3 Å². The number of imidazole rings is 1. The van der Waals surface area contributed by atoms with Crippen molar-refractivity contribution in [2.24, 2.45) is 0 Å². The number of nitrogens with one attached hydrogen (secondary N) is 1. The summed E-state index contributed by atoms with van der Waals surface area (Å²) < 4.78 is 2.24. The molecule has 2 bridgehead atoms. The lowest BCUT2D eigenvalue weighted by Gasteiger charge is -2.47. The van der Waals surface area contributed by atoms with E-state index in [-0.39, 0.29) is 0 Å². The number of hydrogen-bond donors (Lipinski definition) is 1. The van der Waals surface area contributed by atoms with Gasteiger partial charge in [0.1, 0.15) is 0 Å². The molecule has 1 N–H and O–H groups in total. The Hall–Kier alpha value is -0.910. The summed E-state index contributed by atoms with van der Waals surface area (Å²) in [4.78, 5) is 8.38. The molecule has 114 valence electrons. The largest absolute Gasteiger partial charge is 0.308 e. The minimum atomic E-state index is 0.667. The molecule has 4 nitrogen and oxygen atoms in total. The topological polar surface area (TPSA) is 32.6 Å². The number of aromatic nitrogens is 2. The second-order valence-corrected chi connectivity index (χ2v) is 7.53. The molecular formula is C16H24N4S. The average molecular weight is 304 g/mol. The number of thiazole rings is 1. The lowest BCUT2D eigenvalue weighted by atomic mass is 9.82. The van der Waals surface area contributed by atoms with Gasteiger partial charge in [-0.1, -0.05) is 6.42 Å². The molecule has 0 aromatic carbocycles. The van der Waals surface area contributed by atoms with Gasteiger partial charge in [-0.3, -0.25) is 4.40 Å². The molecule has 2 fully saturated rings. The van der Waals surface area contributed by atoms with Crippen LogP contribution in [0.3, 0.4) is 0 Å². The summed E-state index contributed by atoms with van der Waals surface area (Å²) in [7, 11) is 2.32. The van der Waals surface area contributed by atoms with Crippen molar-refractivity contribution in [3.63, 3.8) is 0 Å². The van der Waals surface area contributed by atoms with Crippen LogP contribution in [0.15, 0.2) is 11.6 Å². The first-order chi connectivity index (χ1) is 10.2. The Morgan fingerprint density at radius 3 is 2.86 bits per heavy atom. The summed E-state index contributed by atoms with van der Waals surface area (Å²) in [6.45, 7) is 3.07. The molecule has 4 heterocycles. The monoisotopic (exact) mass is 304 g/mol. The third-order valence-electron chi connectivity index (χ3n) is 5.46. The molecule has 0 saturated carbocycles. The maximum atomic E-state index is 4.64. The minimum absolute atomic E-state index is 0.667. The van der Waals surface area contributed by atoms with Gasteiger partial charge in [-0.25, -0.2) is 4.98 Å². The van der Waals surface area contributed by atoms with Crippen molar-refractivity contribution < 1.29 is 0 Å². The van der Waals surface area contributed by atoms with Gasteiger partial charge in [0.2, 0.25) is 0 Å². The Bertz CT molecular complexity index is 617. The molecule has 2 atom stereocenters. The summed E-state index contributed by atoms with van der Waals surface area (Å²) in [5, 5.41) is 5.93. The number of aryl methyl sites for hydroxylation is 1. The molecule has 0 radical (unpaired) electrons. The molecule has 2 aliphatic heterocycles. The highest BCUT2D eigenvalue weighted by molar-refractivity contribution is 7.15. The number of nitrogens with zero attached hydrogens (tertiary/aromatic N) is 3. The Balaban J connectivity index is 1.45. The molecule has 21 heavy (non-hydrogen) atoms. The second kappa shape index (κ2) is 5.38. The molecule has 2 saturated heterocycles. The van der Waals surface area contributed by atoms with Gasteiger partial charge in [-0.05, 0) is 39.7 Å². The van der Waals surface area contributed by atoms with Gasteiger partial charge in [0.05, 0.1) is 11.4 Å². The lowest BCUT2D eigenvalue weighted by Crippen LogP contribution is -2.54. The van der Waals surface area contributed by atoms with Crippen LogP contribution in [0.1, 0.15) is 43.5 Å². The molecule has 0 aliphatic carbocycles. The lowest BCUT2D eigenvalue weighted by molar-refractivity contribution is 0.0481. The van der Waals surface area contributed by atoms with Gasteiger partial charge >= 0.3 is 0 Å². The van der Waals surface area contributed by atoms with Crippen molar-refractivity contribution in [2.45, 2.75) is 63.7 Å². The Kier molecular flexibility index (Phi) is 3.52. The standard InChI is InChI=1S/C16H24N4S/c1-11-15(20-6-7-21-16(20)18-11)10-17-12-8-13-4-3-5-14(9-12)19(13)2/h6-7,12-14,17H,3-5,8-10H2,1-2H3. The number of fused-ring (bicyclic) bond motifs is 3. The second-order valence-electron chi connectivity index (χ2n) is 6.65. The zero-order chi connectivity index (χ0) is 14.4. The van der Waals surface area contributed by atoms with Crippen LogP contribution >= 0.6 is 11.3 Å². The number of hydrogen-bond acceptors (Lipinski definition) is 4. The summed E-state index contributed by atoms with van der Waals surface area (Å²) in [5.41, 5.74) is 2.50. The Morgan fingerprint density at radius 2 is 2.10 bits per heavy atom. The van der Waals surface area contributed by atoms with E-state index in [0.29, 0.717) is 6.04 Å². The van der Waals surface area contributed by atoms with Gasteiger partial charge in [0.15, 0.2) is 4.96 Å². The Labute approximate surface area is 130 Å². The highest BCUT2D eigenvalue weighted by Crippen LogP contribution is 2.32. The predicted molar refractivity (Wildman–Crippen MR) is 86.9 cm³/mol. The first-order valence-corrected chi connectivity index (χ1v) is 8.96. The molecule has 4 rings (SSSR count). The molecule has 0 spiro atoms. The van der Waals surface area contributed by atoms with Crippen LogP contribution in [0.2, 0.25) is 0 Å². The zero-order valence-corrected chi connectivity index (χ0v) is 13.7. The maximum Gasteiger partial charge on any atom is 0.194 e. The van der Waals surface area contributed by atoms with Crippen LogP contribution in [0.25, 0.3) is 4.96 Å². The highest BCUT2D eigenvalue weighted by atomic mass is 32.1. The fraction of sp³-hybridized carbons (Fsp3) is 0.688. The third kappa shape index (κ3) is 2.41. The predicted octanol–water partition coefficient (Wildman–Crippen LogP) is 2.81. The average Bonchev–Trinajstić information content (AvgIpc) is 2.98. The van der Waals surface area contributed by atoms with E-state index in [1.54, 1.807) is 11.3 Å². The van der Waals surface area contributed by atoms with Crippen molar-refractivity contribution in [3.8, 4) is 0 Å². The van der Waals surface area contributed by atoms with Crippen LogP contribution < -0.4 is 5.32 Å². The van der Waals surface area contributed by atoms with E-state index in [4.69, 9.17) is 0 Å². The molecular weight excluding hydrogens is 280 g/mol. The van der Waals surface area contributed by atoms with Gasteiger partial charge < -0.3 is 10.2 Å². The van der Waals surface area contributed by atoms with E-state index < -0.39 is 0 Å². The summed E-state index contributed by atoms with van der Waals surface area (Å²) in [6, 6.07) is 2.26. The van der Waals surface area contributed by atoms with E-state index in [1.807, 2.05) is 0 Å². The third-order valence-corrected chi connectivity index (χ3v) is 6.22. The van der Waals surface area contributed by atoms with Crippen LogP contribution in [0.4, 0.5) is 0 Å². The quantitative estimate of drug-likeness (QED) is 0.946. The minimum Gasteiger partial charge on any atom is -0.308 e. The van der Waals surface area contributed by atoms with E-state index >= 15 is 0 Å². The fourth-order valence-electron chi connectivity index (χ4n) is 4.18. The molecule has 2 aliphatic rings. The van der Waals surface area contributed by atoms with Gasteiger partial charge in [0, 0.05) is 36.2 Å². The van der Waals surface area contributed by atoms with E-state index in [2.05, 4.69) is 45.1 Å². The highest BCUT2D eigenvalue weighted by Gasteiger charge is 2.35. The van der Waals surface area contributed by atoms with E-state index in [1.165, 1.54) is 43.5 Å². The number of piperidine rings is 2. The van der Waals surface area contributed by atoms with Crippen molar-refractivity contribution in [1.29, 1.82) is 0 Å². The van der Waals surface area contributed by atoms with Gasteiger partial charge in [-0.15, -0.1) is 11.3 Å². The SMILES string of the molecule is Cc1nc2sccn2c1CNC1CC2CCCC(C1)N2C. The molecule has 5 heteroatoms. The van der Waals surface area contributed by atoms with E-state index in [0.717, 1.165) is 23.6 Å². The summed E-state index contributed by atoms with van der Waals surface area (Å²) in [5.74, 6) is 0. The molecule has 0 amide bonds. The van der Waals surface area contributed by atoms with Crippen LogP contribution in [-0.4, -0.2) is 39.5 Å². The fourth-order valence-corrected chi connectivity index (χ4v) is 4.96. The summed E-state index contributed by atoms with van der Waals surface area (Å²) in [6.07, 6.45) is 8.93. The van der Waals surface area contributed by atoms with Crippen LogP contribution in [-0.2, 0) is 6.54 Å². The van der Waals surface area contributed by atoms with E-state index in [9.17, 15) is 0 Å². The molecule has 2 aromatic heterocycles. The normalized spacial score (nSPS) is 30.1. The maximum absolute atomic E-state index is 4.64. The zero-order valence-electron chi connectivity index (χ0n) is 12.9. The van der Waals surface area contributed by atoms with Gasteiger partial charge in [-0.2, -0.15) is 0 Å². The number of rotatable bonds is 3. The van der Waals surface area contributed by atoms with Crippen molar-refractivity contribution in [2.75, 3.05) is 7.05 Å². The summed E-state index contributed by atoms with van der Waals surface area (Å²) >= 11 is 1.71. The van der Waals surface area contributed by atoms with Gasteiger partial charge in [0.25, 0.3) is 0 Å². The van der Waals surface area contributed by atoms with Crippen molar-refractivity contribution in [1.82, 2.24) is 19.6 Å². The molecule has 2 aromatic rings. The first-order valence-electron chi connectivity index (χ1n) is 8.08. The van der Waals surface area contributed by atoms with Crippen LogP contribution in [0.5, 0.6) is 0 Å². The molecule has 2 unspecified atom stereocenters. The Morgan fingerprint density at radius 1 is 1.33 bits per heavy atom.